The normalized spacial score (nSPS) is 38.9. The van der Waals surface area contributed by atoms with Crippen molar-refractivity contribution in [2.24, 2.45) is 28.2 Å². The molecule has 0 spiro atoms. The Bertz CT molecular complexity index is 895. The van der Waals surface area contributed by atoms with Crippen LogP contribution in [0.4, 0.5) is 5.82 Å². The Morgan fingerprint density at radius 2 is 1.94 bits per heavy atom. The largest absolute Gasteiger partial charge is 0.391 e. The summed E-state index contributed by atoms with van der Waals surface area (Å²) in [6, 6.07) is 0. The van der Waals surface area contributed by atoms with Crippen LogP contribution < -0.4 is 5.32 Å². The molecule has 4 bridgehead atoms. The Kier molecular flexibility index (Phi) is 4.54. The number of carbonyl (C=O) groups is 1. The van der Waals surface area contributed by atoms with E-state index in [1.54, 1.807) is 12.5 Å². The van der Waals surface area contributed by atoms with Gasteiger partial charge in [-0.2, -0.15) is 0 Å². The Morgan fingerprint density at radius 1 is 1.19 bits per heavy atom. The highest BCUT2D eigenvalue weighted by atomic mass is 16.3. The summed E-state index contributed by atoms with van der Waals surface area (Å²) >= 11 is 0. The van der Waals surface area contributed by atoms with Gasteiger partial charge < -0.3 is 10.4 Å². The van der Waals surface area contributed by atoms with Crippen molar-refractivity contribution in [2.45, 2.75) is 63.3 Å². The quantitative estimate of drug-likeness (QED) is 0.686. The first-order chi connectivity index (χ1) is 15.1. The van der Waals surface area contributed by atoms with Gasteiger partial charge in [0, 0.05) is 31.4 Å². The number of nitrogens with zero attached hydrogens (tertiary/aromatic N) is 4. The molecule has 7 heteroatoms. The molecule has 3 heterocycles. The predicted octanol–water partition coefficient (Wildman–Crippen LogP) is 2.36. The van der Waals surface area contributed by atoms with Crippen LogP contribution in [0.15, 0.2) is 23.5 Å². The fraction of sp³-hybridized carbons (Fsp3) is 0.667. The van der Waals surface area contributed by atoms with Crippen LogP contribution in [0.3, 0.4) is 0 Å². The number of aldehydes is 1. The molecule has 7 nitrogen and oxygen atoms in total. The number of anilines is 1. The van der Waals surface area contributed by atoms with E-state index in [2.05, 4.69) is 25.2 Å². The molecule has 4 aliphatic carbocycles. The minimum absolute atomic E-state index is 0.106. The lowest BCUT2D eigenvalue weighted by molar-refractivity contribution is -0.116. The van der Waals surface area contributed by atoms with Crippen molar-refractivity contribution in [2.75, 3.05) is 18.4 Å². The number of aliphatic hydroxyl groups is 1. The van der Waals surface area contributed by atoms with Gasteiger partial charge in [-0.25, -0.2) is 9.97 Å². The van der Waals surface area contributed by atoms with Gasteiger partial charge in [0.1, 0.15) is 12.1 Å². The average Bonchev–Trinajstić information content (AvgIpc) is 3.26. The number of rotatable bonds is 6. The third-order valence-electron chi connectivity index (χ3n) is 8.65. The van der Waals surface area contributed by atoms with E-state index in [0.29, 0.717) is 19.6 Å². The van der Waals surface area contributed by atoms with Gasteiger partial charge >= 0.3 is 0 Å². The summed E-state index contributed by atoms with van der Waals surface area (Å²) in [7, 11) is 0. The van der Waals surface area contributed by atoms with Gasteiger partial charge in [-0.15, -0.1) is 0 Å². The second-order valence-corrected chi connectivity index (χ2v) is 10.5. The van der Waals surface area contributed by atoms with Gasteiger partial charge in [-0.1, -0.05) is 0 Å². The summed E-state index contributed by atoms with van der Waals surface area (Å²) in [5.74, 6) is 3.32. The van der Waals surface area contributed by atoms with Crippen LogP contribution in [-0.2, 0) is 17.8 Å². The maximum absolute atomic E-state index is 11.8. The number of aromatic nitrogens is 2. The molecule has 0 saturated heterocycles. The van der Waals surface area contributed by atoms with Crippen molar-refractivity contribution in [3.63, 3.8) is 0 Å². The SMILES string of the molecule is O=CC1(N2CCc3c(ncnc3NCC(O)C34CC5CC(CC(C5)C3)C4)C2)C=CC=N1. The predicted molar refractivity (Wildman–Crippen MR) is 118 cm³/mol. The lowest BCUT2D eigenvalue weighted by Crippen LogP contribution is -2.53. The van der Waals surface area contributed by atoms with Crippen molar-refractivity contribution in [1.82, 2.24) is 14.9 Å². The van der Waals surface area contributed by atoms with Crippen LogP contribution in [0.5, 0.6) is 0 Å². The molecule has 7 rings (SSSR count). The molecule has 4 fully saturated rings. The molecule has 4 saturated carbocycles. The molecule has 2 unspecified atom stereocenters. The smallest absolute Gasteiger partial charge is 0.188 e. The lowest BCUT2D eigenvalue weighted by atomic mass is 9.48. The van der Waals surface area contributed by atoms with E-state index < -0.39 is 5.66 Å². The zero-order valence-corrected chi connectivity index (χ0v) is 17.9. The summed E-state index contributed by atoms with van der Waals surface area (Å²) in [5, 5.41) is 14.7. The molecule has 164 valence electrons. The van der Waals surface area contributed by atoms with E-state index in [4.69, 9.17) is 0 Å². The van der Waals surface area contributed by atoms with Gasteiger partial charge in [0.05, 0.1) is 11.8 Å². The third-order valence-corrected chi connectivity index (χ3v) is 8.65. The van der Waals surface area contributed by atoms with Crippen molar-refractivity contribution in [3.05, 3.63) is 29.7 Å². The zero-order valence-electron chi connectivity index (χ0n) is 17.9. The fourth-order valence-corrected chi connectivity index (χ4v) is 7.53. The topological polar surface area (TPSA) is 90.7 Å². The Labute approximate surface area is 183 Å². The molecule has 6 aliphatic rings. The van der Waals surface area contributed by atoms with Crippen molar-refractivity contribution < 1.29 is 9.90 Å². The summed E-state index contributed by atoms with van der Waals surface area (Å²) < 4.78 is 0. The molecular weight excluding hydrogens is 390 g/mol. The highest BCUT2D eigenvalue weighted by Crippen LogP contribution is 2.61. The summed E-state index contributed by atoms with van der Waals surface area (Å²) in [6.07, 6.45) is 16.0. The molecule has 2 atom stereocenters. The summed E-state index contributed by atoms with van der Waals surface area (Å²) in [4.78, 5) is 27.2. The van der Waals surface area contributed by atoms with Crippen LogP contribution in [0.1, 0.15) is 49.8 Å². The Hall–Kier alpha value is -2.12. The number of hydrogen-bond donors (Lipinski definition) is 2. The number of carbonyl (C=O) groups excluding carboxylic acids is 1. The molecule has 0 radical (unpaired) electrons. The Balaban J connectivity index is 1.16. The maximum Gasteiger partial charge on any atom is 0.188 e. The van der Waals surface area contributed by atoms with E-state index in [0.717, 1.165) is 47.5 Å². The second-order valence-electron chi connectivity index (χ2n) is 10.5. The van der Waals surface area contributed by atoms with E-state index in [-0.39, 0.29) is 11.5 Å². The molecule has 1 aromatic heterocycles. The first kappa shape index (κ1) is 19.6. The van der Waals surface area contributed by atoms with Crippen LogP contribution in [0, 0.1) is 23.2 Å². The number of aliphatic hydroxyl groups excluding tert-OH is 1. The standard InChI is InChI=1S/C24H31N5O2/c30-14-24(3-1-4-28-24)29-5-2-19-20(13-29)26-15-27-22(19)25-12-21(31)23-9-16-6-17(10-23)8-18(7-16)11-23/h1,3-4,14-18,21,31H,2,5-13H2,(H,25,26,27). The van der Waals surface area contributed by atoms with Gasteiger partial charge in [0.25, 0.3) is 0 Å². The number of fused-ring (bicyclic) bond motifs is 1. The lowest BCUT2D eigenvalue weighted by Gasteiger charge is -2.58. The highest BCUT2D eigenvalue weighted by Gasteiger charge is 2.53. The Morgan fingerprint density at radius 3 is 2.58 bits per heavy atom. The van der Waals surface area contributed by atoms with Crippen LogP contribution in [0.25, 0.3) is 0 Å². The van der Waals surface area contributed by atoms with Crippen LogP contribution in [0.2, 0.25) is 0 Å². The minimum atomic E-state index is -0.898. The average molecular weight is 422 g/mol. The number of hydrogen-bond acceptors (Lipinski definition) is 7. The summed E-state index contributed by atoms with van der Waals surface area (Å²) in [5.41, 5.74) is 1.24. The first-order valence-electron chi connectivity index (χ1n) is 11.8. The zero-order chi connectivity index (χ0) is 21.1. The molecule has 0 amide bonds. The molecule has 1 aromatic rings. The minimum Gasteiger partial charge on any atom is -0.391 e. The maximum atomic E-state index is 11.8. The van der Waals surface area contributed by atoms with E-state index in [1.165, 1.54) is 38.5 Å². The van der Waals surface area contributed by atoms with Crippen LogP contribution >= 0.6 is 0 Å². The molecule has 2 N–H and O–H groups in total. The number of nitrogens with one attached hydrogen (secondary N) is 1. The molecule has 2 aliphatic heterocycles. The van der Waals surface area contributed by atoms with E-state index >= 15 is 0 Å². The monoisotopic (exact) mass is 421 g/mol. The highest BCUT2D eigenvalue weighted by molar-refractivity contribution is 5.83. The molecular formula is C24H31N5O2. The van der Waals surface area contributed by atoms with Gasteiger partial charge in [-0.3, -0.25) is 14.7 Å². The van der Waals surface area contributed by atoms with Gasteiger partial charge in [0.2, 0.25) is 0 Å². The number of aliphatic imine (C=N–C) groups is 1. The molecule has 0 aromatic carbocycles. The van der Waals surface area contributed by atoms with Crippen molar-refractivity contribution >= 4 is 18.3 Å². The van der Waals surface area contributed by atoms with Gasteiger partial charge in [0.15, 0.2) is 11.9 Å². The number of allylic oxidation sites excluding steroid dienone is 1. The molecule has 31 heavy (non-hydrogen) atoms. The third kappa shape index (κ3) is 3.16. The van der Waals surface area contributed by atoms with Crippen LogP contribution in [-0.4, -0.2) is 57.3 Å². The summed E-state index contributed by atoms with van der Waals surface area (Å²) in [6.45, 7) is 1.82. The fourth-order valence-electron chi connectivity index (χ4n) is 7.53. The van der Waals surface area contributed by atoms with Crippen molar-refractivity contribution in [1.29, 1.82) is 0 Å². The van der Waals surface area contributed by atoms with E-state index in [9.17, 15) is 9.90 Å². The van der Waals surface area contributed by atoms with Crippen molar-refractivity contribution in [3.8, 4) is 0 Å². The second kappa shape index (κ2) is 7.20. The first-order valence-corrected chi connectivity index (χ1v) is 11.8. The van der Waals surface area contributed by atoms with E-state index in [1.807, 2.05) is 12.2 Å². The van der Waals surface area contributed by atoms with Gasteiger partial charge in [-0.05, 0) is 80.3 Å².